The normalized spacial score (nSPS) is 23.3. The standard InChI is InChI=1S/C17H24O2/c1-12-5-4-6-15(10-12)19-11-17(18)16-8-7-13(2)9-14(16)3/h7-9,12,15H,4-6,10-11H2,1-3H3. The van der Waals surface area contributed by atoms with Crippen LogP contribution < -0.4 is 0 Å². The second kappa shape index (κ2) is 6.33. The van der Waals surface area contributed by atoms with E-state index in [1.54, 1.807) is 0 Å². The van der Waals surface area contributed by atoms with Crippen LogP contribution in [0.2, 0.25) is 0 Å². The molecule has 0 saturated heterocycles. The topological polar surface area (TPSA) is 26.3 Å². The van der Waals surface area contributed by atoms with Crippen molar-refractivity contribution in [2.45, 2.75) is 52.6 Å². The van der Waals surface area contributed by atoms with Crippen molar-refractivity contribution in [2.75, 3.05) is 6.61 Å². The van der Waals surface area contributed by atoms with E-state index >= 15 is 0 Å². The molecule has 2 nitrogen and oxygen atoms in total. The zero-order valence-corrected chi connectivity index (χ0v) is 12.2. The van der Waals surface area contributed by atoms with Gasteiger partial charge in [0.15, 0.2) is 5.78 Å². The summed E-state index contributed by atoms with van der Waals surface area (Å²) in [6, 6.07) is 5.96. The van der Waals surface area contributed by atoms with Gasteiger partial charge in [-0.1, -0.05) is 43.5 Å². The number of carbonyl (C=O) groups excluding carboxylic acids is 1. The molecule has 104 valence electrons. The van der Waals surface area contributed by atoms with Gasteiger partial charge >= 0.3 is 0 Å². The Bertz CT molecular complexity index is 451. The number of ether oxygens (including phenoxy) is 1. The molecule has 0 aliphatic heterocycles. The average Bonchev–Trinajstić information content (AvgIpc) is 2.36. The Hall–Kier alpha value is -1.15. The van der Waals surface area contributed by atoms with E-state index in [-0.39, 0.29) is 18.5 Å². The van der Waals surface area contributed by atoms with Crippen LogP contribution >= 0.6 is 0 Å². The van der Waals surface area contributed by atoms with Crippen LogP contribution in [0.5, 0.6) is 0 Å². The first-order valence-corrected chi connectivity index (χ1v) is 7.28. The van der Waals surface area contributed by atoms with Crippen molar-refractivity contribution >= 4 is 5.78 Å². The lowest BCUT2D eigenvalue weighted by Gasteiger charge is -2.26. The molecular formula is C17H24O2. The minimum absolute atomic E-state index is 0.107. The van der Waals surface area contributed by atoms with Crippen molar-refractivity contribution < 1.29 is 9.53 Å². The molecule has 0 radical (unpaired) electrons. The predicted molar refractivity (Wildman–Crippen MR) is 77.6 cm³/mol. The molecule has 0 aromatic heterocycles. The van der Waals surface area contributed by atoms with Crippen molar-refractivity contribution in [1.29, 1.82) is 0 Å². The highest BCUT2D eigenvalue weighted by molar-refractivity contribution is 5.98. The molecule has 2 atom stereocenters. The summed E-state index contributed by atoms with van der Waals surface area (Å²) >= 11 is 0. The van der Waals surface area contributed by atoms with E-state index in [0.717, 1.165) is 29.9 Å². The van der Waals surface area contributed by atoms with Gasteiger partial charge in [-0.15, -0.1) is 0 Å². The third-order valence-corrected chi connectivity index (χ3v) is 4.02. The predicted octanol–water partition coefficient (Wildman–Crippen LogP) is 4.08. The first-order valence-electron chi connectivity index (χ1n) is 7.28. The third kappa shape index (κ3) is 3.90. The molecule has 0 N–H and O–H groups in total. The number of hydrogen-bond acceptors (Lipinski definition) is 2. The number of Topliss-reactive ketones (excluding diaryl/α,β-unsaturated/α-hetero) is 1. The molecule has 19 heavy (non-hydrogen) atoms. The molecule has 1 aromatic rings. The Labute approximate surface area is 116 Å². The molecule has 1 aliphatic rings. The first kappa shape index (κ1) is 14.3. The summed E-state index contributed by atoms with van der Waals surface area (Å²) < 4.78 is 5.81. The Morgan fingerprint density at radius 1 is 1.32 bits per heavy atom. The molecule has 2 rings (SSSR count). The monoisotopic (exact) mass is 260 g/mol. The van der Waals surface area contributed by atoms with Gasteiger partial charge in [-0.05, 0) is 38.2 Å². The smallest absolute Gasteiger partial charge is 0.188 e. The van der Waals surface area contributed by atoms with Gasteiger partial charge in [-0.25, -0.2) is 0 Å². The molecule has 1 aliphatic carbocycles. The summed E-state index contributed by atoms with van der Waals surface area (Å²) in [5.74, 6) is 0.839. The van der Waals surface area contributed by atoms with E-state index < -0.39 is 0 Å². The molecule has 2 unspecified atom stereocenters. The van der Waals surface area contributed by atoms with Gasteiger partial charge in [-0.2, -0.15) is 0 Å². The van der Waals surface area contributed by atoms with Crippen molar-refractivity contribution in [3.63, 3.8) is 0 Å². The molecule has 0 amide bonds. The summed E-state index contributed by atoms with van der Waals surface area (Å²) in [6.07, 6.45) is 5.00. The Morgan fingerprint density at radius 3 is 2.79 bits per heavy atom. The lowest BCUT2D eigenvalue weighted by molar-refractivity contribution is 0.0182. The second-order valence-corrected chi connectivity index (χ2v) is 5.95. The molecule has 2 heteroatoms. The van der Waals surface area contributed by atoms with Gasteiger partial charge in [0.2, 0.25) is 0 Å². The van der Waals surface area contributed by atoms with E-state index in [4.69, 9.17) is 4.74 Å². The summed E-state index contributed by atoms with van der Waals surface area (Å²) in [7, 11) is 0. The van der Waals surface area contributed by atoms with Crippen molar-refractivity contribution in [2.24, 2.45) is 5.92 Å². The van der Waals surface area contributed by atoms with Gasteiger partial charge < -0.3 is 4.74 Å². The van der Waals surface area contributed by atoms with Gasteiger partial charge in [-0.3, -0.25) is 4.79 Å². The van der Waals surface area contributed by atoms with Crippen molar-refractivity contribution in [3.8, 4) is 0 Å². The van der Waals surface area contributed by atoms with Crippen LogP contribution in [0.3, 0.4) is 0 Å². The van der Waals surface area contributed by atoms with Crippen molar-refractivity contribution in [3.05, 3.63) is 34.9 Å². The molecule has 1 fully saturated rings. The number of aryl methyl sites for hydroxylation is 2. The lowest BCUT2D eigenvalue weighted by Crippen LogP contribution is -2.24. The van der Waals surface area contributed by atoms with Gasteiger partial charge in [0, 0.05) is 5.56 Å². The zero-order valence-electron chi connectivity index (χ0n) is 12.2. The van der Waals surface area contributed by atoms with Crippen LogP contribution in [0, 0.1) is 19.8 Å². The van der Waals surface area contributed by atoms with Crippen LogP contribution in [0.25, 0.3) is 0 Å². The van der Waals surface area contributed by atoms with Gasteiger partial charge in [0.25, 0.3) is 0 Å². The average molecular weight is 260 g/mol. The maximum Gasteiger partial charge on any atom is 0.188 e. The number of rotatable bonds is 4. The summed E-state index contributed by atoms with van der Waals surface area (Å²) in [4.78, 5) is 12.2. The zero-order chi connectivity index (χ0) is 13.8. The van der Waals surface area contributed by atoms with E-state index in [1.165, 1.54) is 18.4 Å². The molecule has 0 heterocycles. The number of carbonyl (C=O) groups is 1. The summed E-state index contributed by atoms with van der Waals surface area (Å²) in [5, 5.41) is 0. The lowest BCUT2D eigenvalue weighted by atomic mass is 9.89. The van der Waals surface area contributed by atoms with Gasteiger partial charge in [0.1, 0.15) is 6.61 Å². The Morgan fingerprint density at radius 2 is 2.11 bits per heavy atom. The second-order valence-electron chi connectivity index (χ2n) is 5.95. The first-order chi connectivity index (χ1) is 9.06. The SMILES string of the molecule is Cc1ccc(C(=O)COC2CCCC(C)C2)c(C)c1. The van der Waals surface area contributed by atoms with Crippen molar-refractivity contribution in [1.82, 2.24) is 0 Å². The fraction of sp³-hybridized carbons (Fsp3) is 0.588. The van der Waals surface area contributed by atoms with Crippen LogP contribution in [0.15, 0.2) is 18.2 Å². The Balaban J connectivity index is 1.90. The van der Waals surface area contributed by atoms with Crippen LogP contribution in [-0.4, -0.2) is 18.5 Å². The summed E-state index contributed by atoms with van der Waals surface area (Å²) in [5.41, 5.74) is 3.04. The quantitative estimate of drug-likeness (QED) is 0.762. The molecule has 1 saturated carbocycles. The number of benzene rings is 1. The van der Waals surface area contributed by atoms with E-state index in [9.17, 15) is 4.79 Å². The highest BCUT2D eigenvalue weighted by Gasteiger charge is 2.20. The molecular weight excluding hydrogens is 236 g/mol. The molecule has 0 spiro atoms. The van der Waals surface area contributed by atoms with Crippen LogP contribution in [-0.2, 0) is 4.74 Å². The van der Waals surface area contributed by atoms with Crippen LogP contribution in [0.1, 0.15) is 54.1 Å². The van der Waals surface area contributed by atoms with E-state index in [1.807, 2.05) is 26.0 Å². The summed E-state index contributed by atoms with van der Waals surface area (Å²) in [6.45, 7) is 6.52. The Kier molecular flexibility index (Phi) is 4.76. The third-order valence-electron chi connectivity index (χ3n) is 4.02. The maximum absolute atomic E-state index is 12.2. The fourth-order valence-electron chi connectivity index (χ4n) is 2.93. The molecule has 0 bridgehead atoms. The molecule has 1 aromatic carbocycles. The largest absolute Gasteiger partial charge is 0.370 e. The van der Waals surface area contributed by atoms with E-state index in [0.29, 0.717) is 0 Å². The number of hydrogen-bond donors (Lipinski definition) is 0. The van der Waals surface area contributed by atoms with Crippen LogP contribution in [0.4, 0.5) is 0 Å². The number of ketones is 1. The highest BCUT2D eigenvalue weighted by Crippen LogP contribution is 2.25. The van der Waals surface area contributed by atoms with Gasteiger partial charge in [0.05, 0.1) is 6.10 Å². The minimum atomic E-state index is 0.107. The van der Waals surface area contributed by atoms with E-state index in [2.05, 4.69) is 13.0 Å². The fourth-order valence-corrected chi connectivity index (χ4v) is 2.93. The highest BCUT2D eigenvalue weighted by atomic mass is 16.5. The maximum atomic E-state index is 12.2. The minimum Gasteiger partial charge on any atom is -0.370 e.